The minimum absolute atomic E-state index is 0.0280. The minimum Gasteiger partial charge on any atom is -0.453 e. The summed E-state index contributed by atoms with van der Waals surface area (Å²) in [5.41, 5.74) is 1.80. The van der Waals surface area contributed by atoms with Gasteiger partial charge in [-0.1, -0.05) is 17.3 Å². The van der Waals surface area contributed by atoms with Gasteiger partial charge in [-0.3, -0.25) is 9.59 Å². The van der Waals surface area contributed by atoms with Gasteiger partial charge in [0.2, 0.25) is 11.7 Å². The Kier molecular flexibility index (Phi) is 8.22. The Morgan fingerprint density at radius 2 is 1.89 bits per heavy atom. The lowest BCUT2D eigenvalue weighted by Gasteiger charge is -2.18. The van der Waals surface area contributed by atoms with Crippen LogP contribution in [0.15, 0.2) is 33.2 Å². The zero-order valence-electron chi connectivity index (χ0n) is 19.5. The van der Waals surface area contributed by atoms with Crippen LogP contribution in [0, 0.1) is 13.8 Å². The highest BCUT2D eigenvalue weighted by molar-refractivity contribution is 7.92. The zero-order chi connectivity index (χ0) is 25.6. The van der Waals surface area contributed by atoms with Crippen molar-refractivity contribution in [2.75, 3.05) is 20.2 Å². The van der Waals surface area contributed by atoms with Gasteiger partial charge in [0, 0.05) is 25.1 Å². The maximum Gasteiger partial charge on any atom is 0.406 e. The summed E-state index contributed by atoms with van der Waals surface area (Å²) in [6.45, 7) is 2.70. The number of sulfone groups is 1. The fourth-order valence-electron chi connectivity index (χ4n) is 3.31. The van der Waals surface area contributed by atoms with Gasteiger partial charge in [0.05, 0.1) is 18.6 Å². The van der Waals surface area contributed by atoms with Crippen molar-refractivity contribution < 1.29 is 36.5 Å². The molecular formula is C22H26N4O8S. The molecular weight excluding hydrogens is 480 g/mol. The molecule has 1 aromatic carbocycles. The molecule has 3 rings (SSSR count). The molecule has 35 heavy (non-hydrogen) atoms. The molecule has 188 valence electrons. The Bertz CT molecular complexity index is 1280. The molecule has 2 N–H and O–H groups in total. The third kappa shape index (κ3) is 6.44. The van der Waals surface area contributed by atoms with Gasteiger partial charge in [-0.15, -0.1) is 0 Å². The van der Waals surface area contributed by atoms with Crippen molar-refractivity contribution in [3.05, 3.63) is 47.2 Å². The number of ether oxygens (including phenoxy) is 1. The number of aromatic nitrogens is 2. The predicted octanol–water partition coefficient (Wildman–Crippen LogP) is 1.85. The number of rotatable bonds is 11. The van der Waals surface area contributed by atoms with Crippen LogP contribution in [0.3, 0.4) is 0 Å². The quantitative estimate of drug-likeness (QED) is 0.289. The van der Waals surface area contributed by atoms with Crippen LogP contribution in [0.1, 0.15) is 40.5 Å². The Balaban J connectivity index is 1.61. The number of nitrogens with zero attached hydrogens (tertiary/aromatic N) is 2. The van der Waals surface area contributed by atoms with E-state index in [0.29, 0.717) is 28.1 Å². The van der Waals surface area contributed by atoms with Crippen LogP contribution in [0.2, 0.25) is 0 Å². The molecule has 2 amide bonds. The van der Waals surface area contributed by atoms with Crippen LogP contribution >= 0.6 is 0 Å². The number of nitrogens with one attached hydrogen (secondary N) is 2. The maximum absolute atomic E-state index is 13.1. The van der Waals surface area contributed by atoms with Crippen LogP contribution in [-0.4, -0.2) is 61.8 Å². The molecule has 2 heterocycles. The Morgan fingerprint density at radius 3 is 2.54 bits per heavy atom. The molecule has 0 saturated heterocycles. The molecule has 0 aliphatic carbocycles. The van der Waals surface area contributed by atoms with Crippen molar-refractivity contribution in [1.82, 2.24) is 20.8 Å². The molecule has 0 aliphatic heterocycles. The van der Waals surface area contributed by atoms with Crippen LogP contribution in [0.25, 0.3) is 11.1 Å². The average molecular weight is 507 g/mol. The second kappa shape index (κ2) is 11.1. The second-order valence-electron chi connectivity index (χ2n) is 7.78. The van der Waals surface area contributed by atoms with E-state index in [1.807, 2.05) is 0 Å². The van der Waals surface area contributed by atoms with E-state index >= 15 is 0 Å². The van der Waals surface area contributed by atoms with E-state index in [9.17, 15) is 22.8 Å². The van der Waals surface area contributed by atoms with Crippen LogP contribution in [-0.2, 0) is 25.1 Å². The standard InChI is InChI=1S/C22H26N4O8S/c1-13-15(14(2)34-26-13)12-35(30,31)19(11-24-22(29)32-3)20(28)23-10-6-8-17(27)21-25-16-7-4-5-9-18(16)33-21/h4-5,7,9,19H,6,8,10-12H2,1-3H3,(H,23,28)(H,24,29). The molecule has 13 heteroatoms. The maximum atomic E-state index is 13.1. The molecule has 1 atom stereocenters. The summed E-state index contributed by atoms with van der Waals surface area (Å²) in [6.07, 6.45) is -0.617. The fourth-order valence-corrected chi connectivity index (χ4v) is 5.08. The first-order valence-electron chi connectivity index (χ1n) is 10.7. The number of carbonyl (C=O) groups excluding carboxylic acids is 3. The van der Waals surface area contributed by atoms with Crippen LogP contribution in [0.4, 0.5) is 4.79 Å². The molecule has 0 saturated carbocycles. The van der Waals surface area contributed by atoms with E-state index in [1.165, 1.54) is 0 Å². The predicted molar refractivity (Wildman–Crippen MR) is 123 cm³/mol. The van der Waals surface area contributed by atoms with Gasteiger partial charge in [-0.05, 0) is 32.4 Å². The Morgan fingerprint density at radius 1 is 1.14 bits per heavy atom. The topological polar surface area (TPSA) is 171 Å². The molecule has 0 bridgehead atoms. The van der Waals surface area contributed by atoms with Crippen molar-refractivity contribution in [2.45, 2.75) is 37.7 Å². The van der Waals surface area contributed by atoms with Gasteiger partial charge in [0.25, 0.3) is 5.89 Å². The number of Topliss-reactive ketones (excluding diaryl/α,β-unsaturated/α-hetero) is 1. The number of para-hydroxylation sites is 2. The number of carbonyl (C=O) groups is 3. The number of benzene rings is 1. The minimum atomic E-state index is -4.08. The largest absolute Gasteiger partial charge is 0.453 e. The highest BCUT2D eigenvalue weighted by atomic mass is 32.2. The summed E-state index contributed by atoms with van der Waals surface area (Å²) in [4.78, 5) is 40.8. The van der Waals surface area contributed by atoms with Crippen molar-refractivity contribution in [3.8, 4) is 0 Å². The van der Waals surface area contributed by atoms with Crippen molar-refractivity contribution in [1.29, 1.82) is 0 Å². The van der Waals surface area contributed by atoms with Gasteiger partial charge in [0.1, 0.15) is 11.3 Å². The molecule has 1 unspecified atom stereocenters. The summed E-state index contributed by atoms with van der Waals surface area (Å²) in [7, 11) is -2.96. The summed E-state index contributed by atoms with van der Waals surface area (Å²) >= 11 is 0. The number of aryl methyl sites for hydroxylation is 2. The highest BCUT2D eigenvalue weighted by Gasteiger charge is 2.34. The van der Waals surface area contributed by atoms with Crippen molar-refractivity contribution >= 4 is 38.7 Å². The molecule has 2 aromatic heterocycles. The molecule has 3 aromatic rings. The molecule has 0 spiro atoms. The van der Waals surface area contributed by atoms with Crippen LogP contribution in [0.5, 0.6) is 0 Å². The van der Waals surface area contributed by atoms with Gasteiger partial charge in [0.15, 0.2) is 20.7 Å². The summed E-state index contributed by atoms with van der Waals surface area (Å²) in [6, 6.07) is 6.97. The van der Waals surface area contributed by atoms with Gasteiger partial charge < -0.3 is 24.3 Å². The lowest BCUT2D eigenvalue weighted by Crippen LogP contribution is -2.47. The SMILES string of the molecule is COC(=O)NCC(C(=O)NCCCC(=O)c1nc2ccccc2o1)S(=O)(=O)Cc1c(C)noc1C. The first kappa shape index (κ1) is 25.9. The zero-order valence-corrected chi connectivity index (χ0v) is 20.3. The third-order valence-electron chi connectivity index (χ3n) is 5.28. The normalized spacial score (nSPS) is 12.3. The molecule has 12 nitrogen and oxygen atoms in total. The number of methoxy groups -OCH3 is 1. The van der Waals surface area contributed by atoms with E-state index in [4.69, 9.17) is 8.94 Å². The van der Waals surface area contributed by atoms with Crippen molar-refractivity contribution in [3.63, 3.8) is 0 Å². The Labute approximate surface area is 201 Å². The monoisotopic (exact) mass is 506 g/mol. The number of ketones is 1. The number of amides is 2. The van der Waals surface area contributed by atoms with Gasteiger partial charge in [-0.2, -0.15) is 0 Å². The van der Waals surface area contributed by atoms with Gasteiger partial charge >= 0.3 is 6.09 Å². The lowest BCUT2D eigenvalue weighted by molar-refractivity contribution is -0.120. The number of hydrogen-bond donors (Lipinski definition) is 2. The number of oxazole rings is 1. The average Bonchev–Trinajstić information content (AvgIpc) is 3.40. The van der Waals surface area contributed by atoms with E-state index in [1.54, 1.807) is 38.1 Å². The van der Waals surface area contributed by atoms with E-state index in [0.717, 1.165) is 7.11 Å². The van der Waals surface area contributed by atoms with Crippen molar-refractivity contribution in [2.24, 2.45) is 0 Å². The summed E-state index contributed by atoms with van der Waals surface area (Å²) in [5.74, 6) is -1.36. The first-order chi connectivity index (χ1) is 16.6. The molecule has 0 radical (unpaired) electrons. The van der Waals surface area contributed by atoms with Crippen LogP contribution < -0.4 is 10.6 Å². The third-order valence-corrected chi connectivity index (χ3v) is 7.22. The smallest absolute Gasteiger partial charge is 0.406 e. The number of alkyl carbamates (subject to hydrolysis) is 1. The lowest BCUT2D eigenvalue weighted by atomic mass is 10.2. The van der Waals surface area contributed by atoms with Gasteiger partial charge in [-0.25, -0.2) is 18.2 Å². The second-order valence-corrected chi connectivity index (χ2v) is 9.96. The first-order valence-corrected chi connectivity index (χ1v) is 12.5. The van der Waals surface area contributed by atoms with E-state index in [-0.39, 0.29) is 31.1 Å². The molecule has 0 aliphatic rings. The summed E-state index contributed by atoms with van der Waals surface area (Å²) in [5, 5.41) is 6.92. The molecule has 0 fully saturated rings. The fraction of sp³-hybridized carbons (Fsp3) is 0.409. The number of hydrogen-bond acceptors (Lipinski definition) is 10. The number of fused-ring (bicyclic) bond motifs is 1. The van der Waals surface area contributed by atoms with E-state index < -0.39 is 39.4 Å². The van der Waals surface area contributed by atoms with E-state index in [2.05, 4.69) is 25.5 Å². The Hall–Kier alpha value is -3.74. The highest BCUT2D eigenvalue weighted by Crippen LogP contribution is 2.19. The summed E-state index contributed by atoms with van der Waals surface area (Å²) < 4.78 is 41.0.